The fraction of sp³-hybridized carbons (Fsp3) is 0.700. The molecule has 1 aromatic carbocycles. The smallest absolute Gasteiger partial charge is 0.0255 e. The van der Waals surface area contributed by atoms with Crippen LogP contribution in [-0.2, 0) is 19.3 Å². The summed E-state index contributed by atoms with van der Waals surface area (Å²) in [6.45, 7) is 13.9. The van der Waals surface area contributed by atoms with E-state index in [2.05, 4.69) is 59.7 Å². The van der Waals surface area contributed by atoms with Gasteiger partial charge in [0.05, 0.1) is 0 Å². The van der Waals surface area contributed by atoms with Crippen LogP contribution in [0.4, 0.5) is 0 Å². The van der Waals surface area contributed by atoms with Gasteiger partial charge in [-0.25, -0.2) is 0 Å². The van der Waals surface area contributed by atoms with Crippen LogP contribution in [0.1, 0.15) is 71.1 Å². The number of rotatable bonds is 8. The molecule has 114 valence electrons. The van der Waals surface area contributed by atoms with Gasteiger partial charge >= 0.3 is 0 Å². The summed E-state index contributed by atoms with van der Waals surface area (Å²) in [5.74, 6) is 2.33. The standard InChI is InChI=1S/C20H34/c1-15(2)7-9-18-12-19(10-8-16(3)4)14-20(13-18)11-17(5)6/h12-17H,7-11H2,1-6H3. The molecule has 20 heavy (non-hydrogen) atoms. The van der Waals surface area contributed by atoms with Gasteiger partial charge in [-0.05, 0) is 66.5 Å². The van der Waals surface area contributed by atoms with E-state index in [1.54, 1.807) is 16.7 Å². The van der Waals surface area contributed by atoms with Gasteiger partial charge < -0.3 is 0 Å². The van der Waals surface area contributed by atoms with Crippen LogP contribution in [0.3, 0.4) is 0 Å². The van der Waals surface area contributed by atoms with Crippen molar-refractivity contribution in [1.29, 1.82) is 0 Å². The largest absolute Gasteiger partial charge is 0.0628 e. The molecular formula is C20H34. The second kappa shape index (κ2) is 8.49. The summed E-state index contributed by atoms with van der Waals surface area (Å²) in [4.78, 5) is 0. The molecule has 0 saturated heterocycles. The van der Waals surface area contributed by atoms with E-state index in [1.165, 1.54) is 32.1 Å². The molecule has 0 aliphatic rings. The highest BCUT2D eigenvalue weighted by Gasteiger charge is 2.06. The molecule has 0 spiro atoms. The Balaban J connectivity index is 2.83. The Hall–Kier alpha value is -0.780. The van der Waals surface area contributed by atoms with E-state index in [0.717, 1.165) is 17.8 Å². The Morgan fingerprint density at radius 2 is 1.00 bits per heavy atom. The molecule has 1 rings (SSSR count). The zero-order valence-corrected chi connectivity index (χ0v) is 14.5. The van der Waals surface area contributed by atoms with E-state index in [1.807, 2.05) is 0 Å². The maximum absolute atomic E-state index is 2.45. The predicted molar refractivity (Wildman–Crippen MR) is 91.3 cm³/mol. The highest BCUT2D eigenvalue weighted by Crippen LogP contribution is 2.19. The molecule has 0 heterocycles. The second-order valence-corrected chi connectivity index (χ2v) is 7.62. The van der Waals surface area contributed by atoms with Crippen molar-refractivity contribution >= 4 is 0 Å². The molecule has 0 saturated carbocycles. The average Bonchev–Trinajstić information content (AvgIpc) is 2.33. The summed E-state index contributed by atoms with van der Waals surface area (Å²) in [7, 11) is 0. The van der Waals surface area contributed by atoms with Gasteiger partial charge in [-0.1, -0.05) is 59.7 Å². The minimum atomic E-state index is 0.744. The molecule has 0 bridgehead atoms. The first-order valence-corrected chi connectivity index (χ1v) is 8.48. The maximum atomic E-state index is 2.45. The number of hydrogen-bond donors (Lipinski definition) is 0. The molecule has 0 unspecified atom stereocenters. The van der Waals surface area contributed by atoms with E-state index >= 15 is 0 Å². The van der Waals surface area contributed by atoms with Crippen LogP contribution in [0.15, 0.2) is 18.2 Å². The lowest BCUT2D eigenvalue weighted by Crippen LogP contribution is -2.01. The predicted octanol–water partition coefficient (Wildman–Crippen LogP) is 6.06. The minimum absolute atomic E-state index is 0.744. The maximum Gasteiger partial charge on any atom is -0.0255 e. The highest BCUT2D eigenvalue weighted by atomic mass is 14.1. The molecule has 0 atom stereocenters. The Labute approximate surface area is 127 Å². The topological polar surface area (TPSA) is 0 Å². The van der Waals surface area contributed by atoms with Crippen LogP contribution >= 0.6 is 0 Å². The molecule has 0 heteroatoms. The van der Waals surface area contributed by atoms with Crippen LogP contribution in [0.25, 0.3) is 0 Å². The first-order valence-electron chi connectivity index (χ1n) is 8.48. The molecule has 0 fully saturated rings. The van der Waals surface area contributed by atoms with E-state index in [9.17, 15) is 0 Å². The van der Waals surface area contributed by atoms with Crippen LogP contribution in [0.5, 0.6) is 0 Å². The van der Waals surface area contributed by atoms with Gasteiger partial charge in [0, 0.05) is 0 Å². The first kappa shape index (κ1) is 17.3. The number of aryl methyl sites for hydroxylation is 2. The lowest BCUT2D eigenvalue weighted by atomic mass is 9.93. The third kappa shape index (κ3) is 7.12. The highest BCUT2D eigenvalue weighted by molar-refractivity contribution is 5.31. The Morgan fingerprint density at radius 1 is 0.600 bits per heavy atom. The lowest BCUT2D eigenvalue weighted by Gasteiger charge is -2.13. The number of hydrogen-bond acceptors (Lipinski definition) is 0. The van der Waals surface area contributed by atoms with Crippen molar-refractivity contribution in [1.82, 2.24) is 0 Å². The van der Waals surface area contributed by atoms with Crippen molar-refractivity contribution in [2.24, 2.45) is 17.8 Å². The molecule has 0 aliphatic heterocycles. The van der Waals surface area contributed by atoms with Gasteiger partial charge in [-0.3, -0.25) is 0 Å². The zero-order chi connectivity index (χ0) is 15.1. The van der Waals surface area contributed by atoms with E-state index in [-0.39, 0.29) is 0 Å². The van der Waals surface area contributed by atoms with Crippen LogP contribution in [0, 0.1) is 17.8 Å². The van der Waals surface area contributed by atoms with Gasteiger partial charge in [0.15, 0.2) is 0 Å². The van der Waals surface area contributed by atoms with Crippen molar-refractivity contribution in [3.8, 4) is 0 Å². The van der Waals surface area contributed by atoms with Gasteiger partial charge in [0.2, 0.25) is 0 Å². The molecule has 0 aromatic heterocycles. The first-order chi connectivity index (χ1) is 9.36. The summed E-state index contributed by atoms with van der Waals surface area (Å²) >= 11 is 0. The van der Waals surface area contributed by atoms with E-state index < -0.39 is 0 Å². The van der Waals surface area contributed by atoms with E-state index in [0.29, 0.717) is 0 Å². The van der Waals surface area contributed by atoms with Crippen LogP contribution in [-0.4, -0.2) is 0 Å². The lowest BCUT2D eigenvalue weighted by molar-refractivity contribution is 0.579. The quantitative estimate of drug-likeness (QED) is 0.540. The third-order valence-electron chi connectivity index (χ3n) is 3.78. The van der Waals surface area contributed by atoms with Crippen molar-refractivity contribution in [3.05, 3.63) is 34.9 Å². The summed E-state index contributed by atoms with van der Waals surface area (Å²) in [6, 6.07) is 7.34. The summed E-state index contributed by atoms with van der Waals surface area (Å²) in [6.07, 6.45) is 6.28. The Kier molecular flexibility index (Phi) is 7.34. The summed E-state index contributed by atoms with van der Waals surface area (Å²) in [5, 5.41) is 0. The molecule has 0 aliphatic carbocycles. The Morgan fingerprint density at radius 3 is 1.35 bits per heavy atom. The molecule has 0 radical (unpaired) electrons. The molecule has 0 N–H and O–H groups in total. The fourth-order valence-electron chi connectivity index (χ4n) is 2.63. The van der Waals surface area contributed by atoms with E-state index in [4.69, 9.17) is 0 Å². The minimum Gasteiger partial charge on any atom is -0.0628 e. The zero-order valence-electron chi connectivity index (χ0n) is 14.5. The molecule has 1 aromatic rings. The molecule has 0 nitrogen and oxygen atoms in total. The van der Waals surface area contributed by atoms with Crippen LogP contribution < -0.4 is 0 Å². The fourth-order valence-corrected chi connectivity index (χ4v) is 2.63. The summed E-state index contributed by atoms with van der Waals surface area (Å²) in [5.41, 5.74) is 4.64. The van der Waals surface area contributed by atoms with Crippen LogP contribution in [0.2, 0.25) is 0 Å². The number of benzene rings is 1. The molecular weight excluding hydrogens is 240 g/mol. The van der Waals surface area contributed by atoms with Crippen molar-refractivity contribution in [3.63, 3.8) is 0 Å². The molecule has 0 amide bonds. The van der Waals surface area contributed by atoms with Crippen molar-refractivity contribution < 1.29 is 0 Å². The Bertz CT molecular complexity index is 355. The van der Waals surface area contributed by atoms with Gasteiger partial charge in [0.25, 0.3) is 0 Å². The average molecular weight is 274 g/mol. The van der Waals surface area contributed by atoms with Gasteiger partial charge in [0.1, 0.15) is 0 Å². The van der Waals surface area contributed by atoms with Gasteiger partial charge in [-0.2, -0.15) is 0 Å². The SMILES string of the molecule is CC(C)CCc1cc(CCC(C)C)cc(CC(C)C)c1. The van der Waals surface area contributed by atoms with Crippen molar-refractivity contribution in [2.45, 2.75) is 73.6 Å². The summed E-state index contributed by atoms with van der Waals surface area (Å²) < 4.78 is 0. The second-order valence-electron chi connectivity index (χ2n) is 7.62. The normalized spacial score (nSPS) is 11.8. The third-order valence-corrected chi connectivity index (χ3v) is 3.78. The monoisotopic (exact) mass is 274 g/mol. The van der Waals surface area contributed by atoms with Crippen molar-refractivity contribution in [2.75, 3.05) is 0 Å². The van der Waals surface area contributed by atoms with Gasteiger partial charge in [-0.15, -0.1) is 0 Å².